The molecule has 0 aliphatic heterocycles. The predicted octanol–water partition coefficient (Wildman–Crippen LogP) is 7.50. The summed E-state index contributed by atoms with van der Waals surface area (Å²) < 4.78 is -1.99. The van der Waals surface area contributed by atoms with Gasteiger partial charge in [0.25, 0.3) is 0 Å². The molecule has 0 N–H and O–H groups in total. The molecule has 0 bridgehead atoms. The van der Waals surface area contributed by atoms with E-state index in [1.54, 1.807) is 0 Å². The molecule has 0 amide bonds. The molecule has 0 spiro atoms. The van der Waals surface area contributed by atoms with E-state index in [2.05, 4.69) is 84.4 Å². The summed E-state index contributed by atoms with van der Waals surface area (Å²) in [6, 6.07) is 0. The summed E-state index contributed by atoms with van der Waals surface area (Å²) in [6.07, 6.45) is 3.73. The van der Waals surface area contributed by atoms with E-state index >= 15 is 0 Å². The summed E-state index contributed by atoms with van der Waals surface area (Å²) in [6.45, 7) is 2.17. The van der Waals surface area contributed by atoms with Gasteiger partial charge in [-0.2, -0.15) is 0 Å². The minimum absolute atomic E-state index is 0.827. The average molecular weight is 537 g/mol. The van der Waals surface area contributed by atoms with Crippen LogP contribution in [0.1, 0.15) is 26.2 Å². The first-order valence-corrected chi connectivity index (χ1v) is 16.2. The van der Waals surface area contributed by atoms with Gasteiger partial charge >= 0.3 is 77.6 Å². The van der Waals surface area contributed by atoms with E-state index in [0.717, 1.165) is 5.88 Å². The van der Waals surface area contributed by atoms with E-state index in [0.29, 0.717) is 0 Å². The normalized spacial score (nSPS) is 14.1. The van der Waals surface area contributed by atoms with Gasteiger partial charge < -0.3 is 0 Å². The van der Waals surface area contributed by atoms with Crippen LogP contribution in [0.2, 0.25) is 0 Å². The van der Waals surface area contributed by atoms with Crippen LogP contribution in [-0.2, 0) is 0 Å². The van der Waals surface area contributed by atoms with Crippen LogP contribution in [0.25, 0.3) is 0 Å². The molecule has 0 aliphatic carbocycles. The molecule has 0 atom stereocenters. The Morgan fingerprint density at radius 1 is 1.00 bits per heavy atom. The third-order valence-corrected chi connectivity index (χ3v) is 1.00. The first kappa shape index (κ1) is 17.5. The maximum atomic E-state index is 5.38. The molecule has 0 aromatic carbocycles. The Labute approximate surface area is 120 Å². The average Bonchev–Trinajstić information content (AvgIpc) is 1.77. The molecule has 0 unspecified atom stereocenters. The SMILES string of the molecule is BrP(Br)(Br)(Br)Br.CCCCCCl. The first-order chi connectivity index (χ1) is 5.15. The van der Waals surface area contributed by atoms with Crippen molar-refractivity contribution in [1.82, 2.24) is 0 Å². The van der Waals surface area contributed by atoms with Gasteiger partial charge in [-0.1, -0.05) is 19.8 Å². The van der Waals surface area contributed by atoms with Crippen LogP contribution in [0.3, 0.4) is 0 Å². The molecule has 0 aromatic heterocycles. The van der Waals surface area contributed by atoms with Crippen LogP contribution in [0, 0.1) is 0 Å². The molecule has 0 aliphatic rings. The first-order valence-electron chi connectivity index (χ1n) is 3.32. The molecule has 0 fully saturated rings. The fourth-order valence-corrected chi connectivity index (χ4v) is 0.533. The van der Waals surface area contributed by atoms with Gasteiger partial charge in [-0.3, -0.25) is 0 Å². The number of rotatable bonds is 3. The van der Waals surface area contributed by atoms with Crippen molar-refractivity contribution in [3.63, 3.8) is 0 Å². The topological polar surface area (TPSA) is 0 Å². The third kappa shape index (κ3) is 51.5. The molecular formula is C5H11Br5ClP. The molecule has 0 saturated carbocycles. The summed E-state index contributed by atoms with van der Waals surface area (Å²) in [5.41, 5.74) is 0. The number of hydrogen-bond donors (Lipinski definition) is 0. The van der Waals surface area contributed by atoms with Crippen LogP contribution >= 0.6 is 89.2 Å². The zero-order chi connectivity index (χ0) is 10.3. The maximum Gasteiger partial charge on any atom is 0.0223 e. The largest absolute Gasteiger partial charge is 0.127 e. The van der Waals surface area contributed by atoms with Crippen molar-refractivity contribution in [3.05, 3.63) is 0 Å². The summed E-state index contributed by atoms with van der Waals surface area (Å²) >= 11 is 21.8. The Morgan fingerprint density at radius 2 is 1.33 bits per heavy atom. The number of hydrogen-bond acceptors (Lipinski definition) is 0. The number of halogens is 6. The van der Waals surface area contributed by atoms with Crippen LogP contribution in [0.5, 0.6) is 0 Å². The van der Waals surface area contributed by atoms with E-state index in [9.17, 15) is 0 Å². The standard InChI is InChI=1S/C5H11Cl.Br5P/c1-2-3-4-5-6;1-6(2,3,4)5/h2-5H2,1H3;. The Bertz CT molecular complexity index is 89.2. The fraction of sp³-hybridized carbons (Fsp3) is 1.00. The van der Waals surface area contributed by atoms with Crippen LogP contribution in [0.4, 0.5) is 0 Å². The Kier molecular flexibility index (Phi) is 12.1. The van der Waals surface area contributed by atoms with E-state index in [-0.39, 0.29) is 0 Å². The van der Waals surface area contributed by atoms with Crippen molar-refractivity contribution in [2.75, 3.05) is 5.88 Å². The van der Waals surface area contributed by atoms with Crippen molar-refractivity contribution < 1.29 is 0 Å². The fourth-order valence-electron chi connectivity index (χ4n) is 0.344. The van der Waals surface area contributed by atoms with Gasteiger partial charge in [0.1, 0.15) is 0 Å². The van der Waals surface area contributed by atoms with Crippen molar-refractivity contribution in [2.45, 2.75) is 26.2 Å². The molecule has 0 rings (SSSR count). The van der Waals surface area contributed by atoms with E-state index in [4.69, 9.17) is 11.6 Å². The molecule has 0 aromatic rings. The molecule has 0 nitrogen and oxygen atoms in total. The number of alkyl halides is 1. The Morgan fingerprint density at radius 3 is 1.42 bits per heavy atom. The molecular weight excluding hydrogens is 526 g/mol. The molecule has 12 heavy (non-hydrogen) atoms. The molecule has 0 heterocycles. The van der Waals surface area contributed by atoms with Crippen molar-refractivity contribution in [3.8, 4) is 0 Å². The maximum absolute atomic E-state index is 5.38. The number of unbranched alkanes of at least 4 members (excludes halogenated alkanes) is 2. The quantitative estimate of drug-likeness (QED) is 0.199. The van der Waals surface area contributed by atoms with Gasteiger partial charge in [-0.15, -0.1) is 11.6 Å². The van der Waals surface area contributed by atoms with Gasteiger partial charge in [0, 0.05) is 5.88 Å². The Balaban J connectivity index is 0. The monoisotopic (exact) mass is 532 g/mol. The predicted molar refractivity (Wildman–Crippen MR) is 81.8 cm³/mol. The summed E-state index contributed by atoms with van der Waals surface area (Å²) in [4.78, 5) is 0. The zero-order valence-corrected chi connectivity index (χ0v) is 16.1. The molecule has 0 saturated heterocycles. The van der Waals surface area contributed by atoms with Crippen LogP contribution < -0.4 is 0 Å². The van der Waals surface area contributed by atoms with Crippen LogP contribution in [0.15, 0.2) is 0 Å². The summed E-state index contributed by atoms with van der Waals surface area (Å²) in [5.74, 6) is 0.827. The van der Waals surface area contributed by atoms with Gasteiger partial charge in [-0.25, -0.2) is 0 Å². The van der Waals surface area contributed by atoms with E-state index in [1.807, 2.05) is 0 Å². The van der Waals surface area contributed by atoms with Gasteiger partial charge in [0.05, 0.1) is 0 Å². The second kappa shape index (κ2) is 8.29. The van der Waals surface area contributed by atoms with Gasteiger partial charge in [0.2, 0.25) is 0 Å². The molecule has 7 heteroatoms. The second-order valence-corrected chi connectivity index (χ2v) is 53.5. The van der Waals surface area contributed by atoms with Gasteiger partial charge in [-0.05, 0) is 6.42 Å². The van der Waals surface area contributed by atoms with E-state index < -0.39 is 0.115 Å². The molecule has 0 radical (unpaired) electrons. The van der Waals surface area contributed by atoms with Crippen molar-refractivity contribution in [1.29, 1.82) is 0 Å². The summed E-state index contributed by atoms with van der Waals surface area (Å²) in [7, 11) is 0. The molecule has 78 valence electrons. The minimum atomic E-state index is -1.99. The van der Waals surface area contributed by atoms with Crippen LogP contribution in [-0.4, -0.2) is 5.88 Å². The zero-order valence-electron chi connectivity index (χ0n) is 6.54. The third-order valence-electron chi connectivity index (χ3n) is 0.737. The Hall–Kier alpha value is 3.12. The second-order valence-electron chi connectivity index (χ2n) is 2.03. The van der Waals surface area contributed by atoms with Gasteiger partial charge in [0.15, 0.2) is 0 Å². The summed E-state index contributed by atoms with van der Waals surface area (Å²) in [5, 5.41) is 0. The minimum Gasteiger partial charge on any atom is -0.127 e. The van der Waals surface area contributed by atoms with Crippen molar-refractivity contribution in [2.24, 2.45) is 0 Å². The smallest absolute Gasteiger partial charge is 0.0223 e. The van der Waals surface area contributed by atoms with E-state index in [1.165, 1.54) is 19.3 Å². The van der Waals surface area contributed by atoms with Crippen molar-refractivity contribution >= 4 is 89.2 Å².